The molecule has 2 amide bonds. The third-order valence-corrected chi connectivity index (χ3v) is 2.83. The Morgan fingerprint density at radius 3 is 2.81 bits per heavy atom. The first-order valence-electron chi connectivity index (χ1n) is 5.43. The lowest BCUT2D eigenvalue weighted by molar-refractivity contribution is 0.200. The molecule has 1 fully saturated rings. The number of carbonyl (C=O) groups excluding carboxylic acids is 1. The zero-order chi connectivity index (χ0) is 11.4. The van der Waals surface area contributed by atoms with Crippen molar-refractivity contribution in [3.8, 4) is 0 Å². The minimum Gasteiger partial charge on any atom is -0.325 e. The van der Waals surface area contributed by atoms with Crippen LogP contribution in [0.2, 0.25) is 5.15 Å². The molecule has 0 spiro atoms. The van der Waals surface area contributed by atoms with Crippen molar-refractivity contribution in [1.29, 1.82) is 0 Å². The lowest BCUT2D eigenvalue weighted by atomic mass is 10.1. The van der Waals surface area contributed by atoms with Gasteiger partial charge in [-0.2, -0.15) is 0 Å². The molecule has 0 aliphatic carbocycles. The quantitative estimate of drug-likeness (QED) is 0.766. The van der Waals surface area contributed by atoms with Gasteiger partial charge in [0.25, 0.3) is 0 Å². The maximum absolute atomic E-state index is 11.8. The Bertz CT molecular complexity index is 377. The van der Waals surface area contributed by atoms with E-state index in [9.17, 15) is 4.79 Å². The zero-order valence-corrected chi connectivity index (χ0v) is 9.70. The summed E-state index contributed by atoms with van der Waals surface area (Å²) in [6.07, 6.45) is 4.97. The van der Waals surface area contributed by atoms with Gasteiger partial charge in [0.1, 0.15) is 5.15 Å². The number of carbonyl (C=O) groups is 1. The molecule has 86 valence electrons. The maximum Gasteiger partial charge on any atom is 0.321 e. The van der Waals surface area contributed by atoms with Crippen LogP contribution in [0.3, 0.4) is 0 Å². The lowest BCUT2D eigenvalue weighted by Gasteiger charge is -2.26. The first-order chi connectivity index (χ1) is 7.75. The van der Waals surface area contributed by atoms with E-state index in [1.54, 1.807) is 18.3 Å². The number of likely N-dealkylation sites (tertiary alicyclic amines) is 1. The van der Waals surface area contributed by atoms with E-state index in [1.807, 2.05) is 4.90 Å². The second-order valence-electron chi connectivity index (χ2n) is 3.85. The summed E-state index contributed by atoms with van der Waals surface area (Å²) in [4.78, 5) is 17.5. The highest BCUT2D eigenvalue weighted by Gasteiger charge is 2.16. The number of nitrogens with zero attached hydrogens (tertiary/aromatic N) is 2. The van der Waals surface area contributed by atoms with Crippen LogP contribution in [0.4, 0.5) is 10.5 Å². The molecule has 1 aromatic rings. The predicted molar refractivity (Wildman–Crippen MR) is 63.7 cm³/mol. The first-order valence-corrected chi connectivity index (χ1v) is 5.81. The van der Waals surface area contributed by atoms with Gasteiger partial charge in [0, 0.05) is 25.0 Å². The van der Waals surface area contributed by atoms with Crippen molar-refractivity contribution >= 4 is 23.3 Å². The monoisotopic (exact) mass is 239 g/mol. The minimum atomic E-state index is -0.0537. The fourth-order valence-electron chi connectivity index (χ4n) is 1.78. The number of piperidine rings is 1. The number of hydrogen-bond donors (Lipinski definition) is 1. The minimum absolute atomic E-state index is 0.0537. The standard InChI is InChI=1S/C11H14ClN3O/c12-10-8-9(4-5-13-10)14-11(16)15-6-2-1-3-7-15/h4-5,8H,1-3,6-7H2,(H,13,14,16). The van der Waals surface area contributed by atoms with Crippen molar-refractivity contribution in [2.24, 2.45) is 0 Å². The van der Waals surface area contributed by atoms with Crippen molar-refractivity contribution in [3.63, 3.8) is 0 Å². The van der Waals surface area contributed by atoms with E-state index < -0.39 is 0 Å². The third-order valence-electron chi connectivity index (χ3n) is 2.62. The number of nitrogens with one attached hydrogen (secondary N) is 1. The molecule has 0 saturated carbocycles. The van der Waals surface area contributed by atoms with Crippen LogP contribution in [-0.2, 0) is 0 Å². The summed E-state index contributed by atoms with van der Waals surface area (Å²) in [5.41, 5.74) is 0.690. The van der Waals surface area contributed by atoms with Gasteiger partial charge in [-0.05, 0) is 31.4 Å². The molecule has 0 atom stereocenters. The number of halogens is 1. The van der Waals surface area contributed by atoms with Crippen LogP contribution in [0.15, 0.2) is 18.3 Å². The highest BCUT2D eigenvalue weighted by Crippen LogP contribution is 2.14. The van der Waals surface area contributed by atoms with Crippen LogP contribution in [0.1, 0.15) is 19.3 Å². The predicted octanol–water partition coefficient (Wildman–Crippen LogP) is 2.75. The van der Waals surface area contributed by atoms with Gasteiger partial charge in [-0.15, -0.1) is 0 Å². The van der Waals surface area contributed by atoms with E-state index in [2.05, 4.69) is 10.3 Å². The Morgan fingerprint density at radius 2 is 2.12 bits per heavy atom. The summed E-state index contributed by atoms with van der Waals surface area (Å²) in [6.45, 7) is 1.68. The van der Waals surface area contributed by atoms with Gasteiger partial charge < -0.3 is 10.2 Å². The Hall–Kier alpha value is -1.29. The highest BCUT2D eigenvalue weighted by atomic mass is 35.5. The van der Waals surface area contributed by atoms with Crippen molar-refractivity contribution in [2.75, 3.05) is 18.4 Å². The summed E-state index contributed by atoms with van der Waals surface area (Å²) in [5, 5.41) is 3.20. The van der Waals surface area contributed by atoms with Crippen LogP contribution >= 0.6 is 11.6 Å². The second-order valence-corrected chi connectivity index (χ2v) is 4.23. The van der Waals surface area contributed by atoms with Crippen molar-refractivity contribution in [3.05, 3.63) is 23.5 Å². The average molecular weight is 240 g/mol. The van der Waals surface area contributed by atoms with Gasteiger partial charge in [-0.1, -0.05) is 11.6 Å². The van der Waals surface area contributed by atoms with Crippen LogP contribution < -0.4 is 5.32 Å². The molecule has 4 nitrogen and oxygen atoms in total. The normalized spacial score (nSPS) is 15.9. The molecular weight excluding hydrogens is 226 g/mol. The molecule has 2 heterocycles. The molecular formula is C11H14ClN3O. The van der Waals surface area contributed by atoms with Crippen molar-refractivity contribution in [1.82, 2.24) is 9.88 Å². The van der Waals surface area contributed by atoms with E-state index >= 15 is 0 Å². The number of amides is 2. The van der Waals surface area contributed by atoms with E-state index in [-0.39, 0.29) is 6.03 Å². The molecule has 0 unspecified atom stereocenters. The van der Waals surface area contributed by atoms with Gasteiger partial charge in [0.15, 0.2) is 0 Å². The Kier molecular flexibility index (Phi) is 3.62. The molecule has 1 N–H and O–H groups in total. The zero-order valence-electron chi connectivity index (χ0n) is 8.95. The van der Waals surface area contributed by atoms with Crippen LogP contribution in [0, 0.1) is 0 Å². The van der Waals surface area contributed by atoms with Gasteiger partial charge in [-0.25, -0.2) is 9.78 Å². The molecule has 2 rings (SSSR count). The van der Waals surface area contributed by atoms with Crippen LogP contribution in [0.5, 0.6) is 0 Å². The van der Waals surface area contributed by atoms with E-state index in [4.69, 9.17) is 11.6 Å². The summed E-state index contributed by atoms with van der Waals surface area (Å²) >= 11 is 5.74. The molecule has 1 saturated heterocycles. The maximum atomic E-state index is 11.8. The first kappa shape index (κ1) is 11.2. The summed E-state index contributed by atoms with van der Waals surface area (Å²) in [7, 11) is 0. The Morgan fingerprint density at radius 1 is 1.38 bits per heavy atom. The Labute approximate surface area is 99.6 Å². The molecule has 16 heavy (non-hydrogen) atoms. The lowest BCUT2D eigenvalue weighted by Crippen LogP contribution is -2.38. The van der Waals surface area contributed by atoms with Crippen LogP contribution in [-0.4, -0.2) is 29.0 Å². The van der Waals surface area contributed by atoms with E-state index in [1.165, 1.54) is 6.42 Å². The van der Waals surface area contributed by atoms with E-state index in [0.717, 1.165) is 25.9 Å². The molecule has 1 aromatic heterocycles. The van der Waals surface area contributed by atoms with Gasteiger partial charge in [0.2, 0.25) is 0 Å². The van der Waals surface area contributed by atoms with Gasteiger partial charge in [0.05, 0.1) is 0 Å². The number of pyridine rings is 1. The summed E-state index contributed by atoms with van der Waals surface area (Å²) < 4.78 is 0. The molecule has 5 heteroatoms. The van der Waals surface area contributed by atoms with Crippen molar-refractivity contribution in [2.45, 2.75) is 19.3 Å². The summed E-state index contributed by atoms with van der Waals surface area (Å²) in [5.74, 6) is 0. The number of anilines is 1. The molecule has 1 aliphatic heterocycles. The van der Waals surface area contributed by atoms with Gasteiger partial charge >= 0.3 is 6.03 Å². The second kappa shape index (κ2) is 5.16. The average Bonchev–Trinajstić information content (AvgIpc) is 2.30. The highest BCUT2D eigenvalue weighted by molar-refractivity contribution is 6.29. The largest absolute Gasteiger partial charge is 0.325 e. The fraction of sp³-hybridized carbons (Fsp3) is 0.455. The molecule has 0 aromatic carbocycles. The number of aromatic nitrogens is 1. The third kappa shape index (κ3) is 2.85. The summed E-state index contributed by atoms with van der Waals surface area (Å²) in [6, 6.07) is 3.32. The van der Waals surface area contributed by atoms with Crippen molar-refractivity contribution < 1.29 is 4.79 Å². The molecule has 0 radical (unpaired) electrons. The molecule has 0 bridgehead atoms. The number of urea groups is 1. The van der Waals surface area contributed by atoms with Gasteiger partial charge in [-0.3, -0.25) is 0 Å². The smallest absolute Gasteiger partial charge is 0.321 e. The Balaban J connectivity index is 1.96. The number of rotatable bonds is 1. The topological polar surface area (TPSA) is 45.2 Å². The SMILES string of the molecule is O=C(Nc1ccnc(Cl)c1)N1CCCCC1. The molecule has 1 aliphatic rings. The fourth-order valence-corrected chi connectivity index (χ4v) is 1.95. The van der Waals surface area contributed by atoms with E-state index in [0.29, 0.717) is 10.8 Å². The van der Waals surface area contributed by atoms with Crippen LogP contribution in [0.25, 0.3) is 0 Å². The number of hydrogen-bond acceptors (Lipinski definition) is 2.